The summed E-state index contributed by atoms with van der Waals surface area (Å²) in [4.78, 5) is 14.1. The molecular weight excluding hydrogens is 228 g/mol. The number of phenolic OH excluding ortho intramolecular Hbond substituents is 1. The Kier molecular flexibility index (Phi) is 3.57. The summed E-state index contributed by atoms with van der Waals surface area (Å²) in [6.45, 7) is 2.84. The van der Waals surface area contributed by atoms with E-state index in [0.717, 1.165) is 25.8 Å². The van der Waals surface area contributed by atoms with Crippen LogP contribution in [-0.2, 0) is 4.79 Å². The third-order valence-electron chi connectivity index (χ3n) is 3.61. The van der Waals surface area contributed by atoms with Crippen LogP contribution < -0.4 is 10.2 Å². The van der Waals surface area contributed by atoms with Gasteiger partial charge in [0.2, 0.25) is 5.91 Å². The zero-order valence-electron chi connectivity index (χ0n) is 10.9. The van der Waals surface area contributed by atoms with Crippen molar-refractivity contribution in [2.24, 2.45) is 0 Å². The number of likely N-dealkylation sites (N-methyl/N-ethyl adjacent to an activating group) is 1. The van der Waals surface area contributed by atoms with Gasteiger partial charge in [0, 0.05) is 18.8 Å². The number of hydrogen-bond donors (Lipinski definition) is 2. The van der Waals surface area contributed by atoms with Crippen molar-refractivity contribution in [1.29, 1.82) is 0 Å². The first-order valence-corrected chi connectivity index (χ1v) is 6.35. The zero-order valence-corrected chi connectivity index (χ0v) is 10.9. The lowest BCUT2D eigenvalue weighted by atomic mass is 9.89. The second-order valence-corrected chi connectivity index (χ2v) is 5.10. The molecule has 4 nitrogen and oxygen atoms in total. The molecule has 1 heterocycles. The molecule has 0 saturated carbocycles. The zero-order chi connectivity index (χ0) is 13.2. The van der Waals surface area contributed by atoms with E-state index in [1.54, 1.807) is 30.1 Å². The molecule has 1 saturated heterocycles. The number of nitrogens with zero attached hydrogens (tertiary/aromatic N) is 1. The number of hydrogen-bond acceptors (Lipinski definition) is 3. The maximum absolute atomic E-state index is 12.5. The maximum Gasteiger partial charge on any atom is 0.246 e. The van der Waals surface area contributed by atoms with Gasteiger partial charge in [-0.3, -0.25) is 4.79 Å². The lowest BCUT2D eigenvalue weighted by Gasteiger charge is -2.36. The number of anilines is 1. The van der Waals surface area contributed by atoms with Gasteiger partial charge in [-0.25, -0.2) is 0 Å². The molecule has 0 bridgehead atoms. The summed E-state index contributed by atoms with van der Waals surface area (Å²) >= 11 is 0. The molecule has 0 spiro atoms. The van der Waals surface area contributed by atoms with E-state index < -0.39 is 5.54 Å². The molecule has 2 rings (SSSR count). The minimum Gasteiger partial charge on any atom is -0.508 e. The van der Waals surface area contributed by atoms with Crippen LogP contribution in [0, 0.1) is 0 Å². The molecule has 0 aliphatic carbocycles. The first-order valence-electron chi connectivity index (χ1n) is 6.35. The lowest BCUT2D eigenvalue weighted by molar-refractivity contribution is -0.124. The predicted molar refractivity (Wildman–Crippen MR) is 71.8 cm³/mol. The summed E-state index contributed by atoms with van der Waals surface area (Å²) in [6.07, 6.45) is 3.05. The molecule has 18 heavy (non-hydrogen) atoms. The van der Waals surface area contributed by atoms with Crippen molar-refractivity contribution >= 4 is 11.6 Å². The molecule has 4 heteroatoms. The van der Waals surface area contributed by atoms with Crippen molar-refractivity contribution in [3.05, 3.63) is 24.3 Å². The van der Waals surface area contributed by atoms with E-state index in [0.29, 0.717) is 5.69 Å². The van der Waals surface area contributed by atoms with Gasteiger partial charge in [-0.15, -0.1) is 0 Å². The van der Waals surface area contributed by atoms with Gasteiger partial charge in [0.25, 0.3) is 0 Å². The third kappa shape index (κ3) is 2.48. The Hall–Kier alpha value is -1.55. The average molecular weight is 248 g/mol. The highest BCUT2D eigenvalue weighted by atomic mass is 16.3. The Morgan fingerprint density at radius 3 is 2.83 bits per heavy atom. The monoisotopic (exact) mass is 248 g/mol. The Morgan fingerprint density at radius 2 is 2.22 bits per heavy atom. The van der Waals surface area contributed by atoms with E-state index in [4.69, 9.17) is 0 Å². The molecule has 0 radical (unpaired) electrons. The molecule has 1 fully saturated rings. The van der Waals surface area contributed by atoms with Crippen LogP contribution in [0.5, 0.6) is 5.75 Å². The number of amides is 1. The molecule has 1 atom stereocenters. The highest BCUT2D eigenvalue weighted by Gasteiger charge is 2.36. The summed E-state index contributed by atoms with van der Waals surface area (Å²) in [5, 5.41) is 12.8. The van der Waals surface area contributed by atoms with Crippen LogP contribution in [0.1, 0.15) is 26.2 Å². The minimum atomic E-state index is -0.488. The number of piperidine rings is 1. The normalized spacial score (nSPS) is 23.7. The average Bonchev–Trinajstić information content (AvgIpc) is 2.38. The fraction of sp³-hybridized carbons (Fsp3) is 0.500. The molecule has 0 aromatic heterocycles. The van der Waals surface area contributed by atoms with Gasteiger partial charge >= 0.3 is 0 Å². The van der Waals surface area contributed by atoms with E-state index in [-0.39, 0.29) is 11.7 Å². The summed E-state index contributed by atoms with van der Waals surface area (Å²) in [5.74, 6) is 0.224. The number of benzene rings is 1. The highest BCUT2D eigenvalue weighted by Crippen LogP contribution is 2.25. The van der Waals surface area contributed by atoms with Crippen LogP contribution in [-0.4, -0.2) is 30.1 Å². The van der Waals surface area contributed by atoms with Crippen LogP contribution in [0.4, 0.5) is 5.69 Å². The number of nitrogens with one attached hydrogen (secondary N) is 1. The third-order valence-corrected chi connectivity index (χ3v) is 3.61. The van der Waals surface area contributed by atoms with Gasteiger partial charge in [0.15, 0.2) is 0 Å². The predicted octanol–water partition coefficient (Wildman–Crippen LogP) is 1.89. The largest absolute Gasteiger partial charge is 0.508 e. The van der Waals surface area contributed by atoms with E-state index >= 15 is 0 Å². The first kappa shape index (κ1) is 12.9. The SMILES string of the molecule is CN(C(=O)C1(C)CCCCN1)c1cccc(O)c1. The van der Waals surface area contributed by atoms with Crippen LogP contribution in [0.2, 0.25) is 0 Å². The van der Waals surface area contributed by atoms with Crippen LogP contribution >= 0.6 is 0 Å². The van der Waals surface area contributed by atoms with E-state index in [2.05, 4.69) is 5.32 Å². The highest BCUT2D eigenvalue weighted by molar-refractivity contribution is 5.99. The van der Waals surface area contributed by atoms with Crippen molar-refractivity contribution < 1.29 is 9.90 Å². The standard InChI is InChI=1S/C14H20N2O2/c1-14(8-3-4-9-15-14)13(18)16(2)11-6-5-7-12(17)10-11/h5-7,10,15,17H,3-4,8-9H2,1-2H3. The first-order chi connectivity index (χ1) is 8.53. The van der Waals surface area contributed by atoms with Crippen molar-refractivity contribution in [2.75, 3.05) is 18.5 Å². The topological polar surface area (TPSA) is 52.6 Å². The number of carbonyl (C=O) groups excluding carboxylic acids is 1. The summed E-state index contributed by atoms with van der Waals surface area (Å²) < 4.78 is 0. The van der Waals surface area contributed by atoms with Crippen molar-refractivity contribution in [3.63, 3.8) is 0 Å². The molecule has 2 N–H and O–H groups in total. The maximum atomic E-state index is 12.5. The van der Waals surface area contributed by atoms with Gasteiger partial charge in [0.05, 0.1) is 5.54 Å². The van der Waals surface area contributed by atoms with Crippen LogP contribution in [0.25, 0.3) is 0 Å². The van der Waals surface area contributed by atoms with E-state index in [1.807, 2.05) is 13.0 Å². The number of carbonyl (C=O) groups is 1. The molecular formula is C14H20N2O2. The summed E-state index contributed by atoms with van der Waals surface area (Å²) in [6, 6.07) is 6.77. The Morgan fingerprint density at radius 1 is 1.44 bits per heavy atom. The molecule has 1 amide bonds. The number of phenols is 1. The second-order valence-electron chi connectivity index (χ2n) is 5.10. The molecule has 1 aliphatic rings. The van der Waals surface area contributed by atoms with Gasteiger partial charge in [-0.1, -0.05) is 6.07 Å². The summed E-state index contributed by atoms with van der Waals surface area (Å²) in [7, 11) is 1.75. The summed E-state index contributed by atoms with van der Waals surface area (Å²) in [5.41, 5.74) is 0.229. The molecule has 98 valence electrons. The van der Waals surface area contributed by atoms with Crippen LogP contribution in [0.15, 0.2) is 24.3 Å². The number of aromatic hydroxyl groups is 1. The van der Waals surface area contributed by atoms with Crippen molar-refractivity contribution in [2.45, 2.75) is 31.7 Å². The van der Waals surface area contributed by atoms with Gasteiger partial charge < -0.3 is 15.3 Å². The number of rotatable bonds is 2. The van der Waals surface area contributed by atoms with Gasteiger partial charge in [0.1, 0.15) is 5.75 Å². The molecule has 1 aliphatic heterocycles. The fourth-order valence-corrected chi connectivity index (χ4v) is 2.43. The second kappa shape index (κ2) is 4.98. The van der Waals surface area contributed by atoms with Crippen molar-refractivity contribution in [3.8, 4) is 5.75 Å². The molecule has 1 unspecified atom stereocenters. The van der Waals surface area contributed by atoms with Gasteiger partial charge in [-0.05, 0) is 44.9 Å². The fourth-order valence-electron chi connectivity index (χ4n) is 2.43. The van der Waals surface area contributed by atoms with Gasteiger partial charge in [-0.2, -0.15) is 0 Å². The quantitative estimate of drug-likeness (QED) is 0.840. The van der Waals surface area contributed by atoms with E-state index in [1.165, 1.54) is 0 Å². The smallest absolute Gasteiger partial charge is 0.246 e. The molecule has 1 aromatic carbocycles. The minimum absolute atomic E-state index is 0.0489. The Labute approximate surface area is 108 Å². The lowest BCUT2D eigenvalue weighted by Crippen LogP contribution is -2.57. The van der Waals surface area contributed by atoms with Crippen LogP contribution in [0.3, 0.4) is 0 Å². The Bertz CT molecular complexity index is 439. The Balaban J connectivity index is 2.17. The molecule has 1 aromatic rings. The van der Waals surface area contributed by atoms with Crippen molar-refractivity contribution in [1.82, 2.24) is 5.32 Å². The van der Waals surface area contributed by atoms with E-state index in [9.17, 15) is 9.90 Å².